The number of likely N-dealkylation sites (N-methyl/N-ethyl adjacent to an activating group) is 2. The Morgan fingerprint density at radius 1 is 0.909 bits per heavy atom. The Morgan fingerprint density at radius 2 is 1.50 bits per heavy atom. The zero-order valence-corrected chi connectivity index (χ0v) is 12.1. The van der Waals surface area contributed by atoms with Gasteiger partial charge >= 0.3 is 6.03 Å². The highest BCUT2D eigenvalue weighted by molar-refractivity contribution is 6.18. The Labute approximate surface area is 126 Å². The van der Waals surface area contributed by atoms with Gasteiger partial charge in [-0.1, -0.05) is 18.2 Å². The van der Waals surface area contributed by atoms with Gasteiger partial charge in [0, 0.05) is 20.3 Å². The fourth-order valence-corrected chi connectivity index (χ4v) is 2.48. The summed E-state index contributed by atoms with van der Waals surface area (Å²) in [5.41, 5.74) is 1.18. The van der Waals surface area contributed by atoms with Gasteiger partial charge < -0.3 is 0 Å². The first-order valence-electron chi connectivity index (χ1n) is 6.71. The minimum Gasteiger partial charge on any atom is -0.273 e. The number of rotatable bonds is 2. The number of imide groups is 2. The van der Waals surface area contributed by atoms with E-state index in [1.807, 2.05) is 30.3 Å². The van der Waals surface area contributed by atoms with Crippen LogP contribution in [0.3, 0.4) is 0 Å². The quantitative estimate of drug-likeness (QED) is 0.775. The van der Waals surface area contributed by atoms with Crippen LogP contribution in [0.15, 0.2) is 42.6 Å². The van der Waals surface area contributed by atoms with Crippen molar-refractivity contribution in [2.45, 2.75) is 5.92 Å². The molecule has 0 atom stereocenters. The van der Waals surface area contributed by atoms with E-state index >= 15 is 0 Å². The molecule has 0 aliphatic carbocycles. The molecule has 1 aromatic heterocycles. The third-order valence-electron chi connectivity index (χ3n) is 3.70. The van der Waals surface area contributed by atoms with E-state index in [-0.39, 0.29) is 0 Å². The van der Waals surface area contributed by atoms with E-state index in [1.165, 1.54) is 25.0 Å². The molecule has 0 saturated carbocycles. The molecule has 2 aromatic rings. The number of carbonyl (C=O) groups is 3. The number of nitrogens with zero attached hydrogens (tertiary/aromatic N) is 4. The fraction of sp³-hybridized carbons (Fsp3) is 0.200. The van der Waals surface area contributed by atoms with Gasteiger partial charge in [0.15, 0.2) is 5.92 Å². The van der Waals surface area contributed by atoms with Crippen molar-refractivity contribution < 1.29 is 14.4 Å². The van der Waals surface area contributed by atoms with Gasteiger partial charge in [-0.25, -0.2) is 9.48 Å². The van der Waals surface area contributed by atoms with Crippen LogP contribution in [-0.4, -0.2) is 51.5 Å². The highest BCUT2D eigenvalue weighted by Crippen LogP contribution is 2.27. The molecule has 1 aliphatic heterocycles. The summed E-state index contributed by atoms with van der Waals surface area (Å²) in [7, 11) is 2.73. The zero-order chi connectivity index (χ0) is 15.9. The summed E-state index contributed by atoms with van der Waals surface area (Å²) in [5.74, 6) is -2.17. The van der Waals surface area contributed by atoms with Crippen LogP contribution < -0.4 is 0 Å². The second-order valence-electron chi connectivity index (χ2n) is 5.01. The fourth-order valence-electron chi connectivity index (χ4n) is 2.48. The summed E-state index contributed by atoms with van der Waals surface area (Å²) in [4.78, 5) is 38.5. The predicted octanol–water partition coefficient (Wildman–Crippen LogP) is 1.01. The third kappa shape index (κ3) is 1.98. The Balaban J connectivity index is 2.08. The summed E-state index contributed by atoms with van der Waals surface area (Å²) in [6.45, 7) is 0. The van der Waals surface area contributed by atoms with Crippen LogP contribution in [0.1, 0.15) is 11.6 Å². The van der Waals surface area contributed by atoms with Crippen LogP contribution in [0.5, 0.6) is 0 Å². The number of barbiturate groups is 1. The van der Waals surface area contributed by atoms with Gasteiger partial charge in [0.2, 0.25) is 11.8 Å². The van der Waals surface area contributed by atoms with E-state index in [9.17, 15) is 14.4 Å². The molecular formula is C15H14N4O3. The number of urea groups is 1. The molecule has 0 radical (unpaired) electrons. The minimum absolute atomic E-state index is 0.437. The first-order valence-corrected chi connectivity index (χ1v) is 6.71. The zero-order valence-electron chi connectivity index (χ0n) is 12.1. The molecule has 0 bridgehead atoms. The Hall–Kier alpha value is -2.96. The maximum absolute atomic E-state index is 12.4. The van der Waals surface area contributed by atoms with E-state index in [4.69, 9.17) is 0 Å². The first-order chi connectivity index (χ1) is 10.5. The highest BCUT2D eigenvalue weighted by atomic mass is 16.2. The van der Waals surface area contributed by atoms with Gasteiger partial charge in [0.1, 0.15) is 0 Å². The van der Waals surface area contributed by atoms with Crippen molar-refractivity contribution in [2.75, 3.05) is 14.1 Å². The lowest BCUT2D eigenvalue weighted by Crippen LogP contribution is -2.56. The summed E-state index contributed by atoms with van der Waals surface area (Å²) in [6.07, 6.45) is 1.53. The SMILES string of the molecule is CN1C(=O)C(c2ccnn2-c2ccccc2)C(=O)N(C)C1=O. The Bertz CT molecular complexity index is 729. The summed E-state index contributed by atoms with van der Waals surface area (Å²) in [5, 5.41) is 4.19. The van der Waals surface area contributed by atoms with Crippen molar-refractivity contribution in [3.63, 3.8) is 0 Å². The molecule has 1 aromatic carbocycles. The molecule has 3 rings (SSSR count). The molecule has 22 heavy (non-hydrogen) atoms. The van der Waals surface area contributed by atoms with Crippen molar-refractivity contribution in [3.8, 4) is 5.69 Å². The monoisotopic (exact) mass is 298 g/mol. The molecule has 0 unspecified atom stereocenters. The maximum Gasteiger partial charge on any atom is 0.332 e. The van der Waals surface area contributed by atoms with Crippen molar-refractivity contribution in [1.29, 1.82) is 0 Å². The molecule has 7 heteroatoms. The summed E-state index contributed by atoms with van der Waals surface area (Å²) >= 11 is 0. The van der Waals surface area contributed by atoms with Crippen molar-refractivity contribution in [2.24, 2.45) is 0 Å². The van der Waals surface area contributed by atoms with Gasteiger partial charge in [0.25, 0.3) is 0 Å². The van der Waals surface area contributed by atoms with Gasteiger partial charge in [-0.15, -0.1) is 0 Å². The topological polar surface area (TPSA) is 75.5 Å². The average molecular weight is 298 g/mol. The van der Waals surface area contributed by atoms with Crippen LogP contribution >= 0.6 is 0 Å². The highest BCUT2D eigenvalue weighted by Gasteiger charge is 2.44. The van der Waals surface area contributed by atoms with Crippen molar-refractivity contribution >= 4 is 17.8 Å². The summed E-state index contributed by atoms with van der Waals surface area (Å²) < 4.78 is 1.54. The lowest BCUT2D eigenvalue weighted by molar-refractivity contribution is -0.143. The van der Waals surface area contributed by atoms with Crippen LogP contribution in [-0.2, 0) is 9.59 Å². The molecule has 112 valence electrons. The van der Waals surface area contributed by atoms with Crippen LogP contribution in [0.4, 0.5) is 4.79 Å². The number of aromatic nitrogens is 2. The normalized spacial score (nSPS) is 16.5. The molecule has 0 N–H and O–H groups in total. The van der Waals surface area contributed by atoms with Crippen LogP contribution in [0, 0.1) is 0 Å². The molecule has 1 saturated heterocycles. The lowest BCUT2D eigenvalue weighted by atomic mass is 10.00. The molecule has 1 aliphatic rings. The number of carbonyl (C=O) groups excluding carboxylic acids is 3. The average Bonchev–Trinajstić information content (AvgIpc) is 3.01. The van der Waals surface area contributed by atoms with Crippen LogP contribution in [0.25, 0.3) is 5.69 Å². The number of para-hydroxylation sites is 1. The van der Waals surface area contributed by atoms with Crippen molar-refractivity contribution in [1.82, 2.24) is 19.6 Å². The van der Waals surface area contributed by atoms with Gasteiger partial charge in [-0.05, 0) is 18.2 Å². The Morgan fingerprint density at radius 3 is 2.09 bits per heavy atom. The molecule has 4 amide bonds. The lowest BCUT2D eigenvalue weighted by Gasteiger charge is -2.32. The van der Waals surface area contributed by atoms with E-state index < -0.39 is 23.8 Å². The molecule has 0 spiro atoms. The molecule has 7 nitrogen and oxygen atoms in total. The van der Waals surface area contributed by atoms with Gasteiger partial charge in [-0.3, -0.25) is 19.4 Å². The van der Waals surface area contributed by atoms with Crippen molar-refractivity contribution in [3.05, 3.63) is 48.3 Å². The largest absolute Gasteiger partial charge is 0.332 e. The maximum atomic E-state index is 12.4. The second kappa shape index (κ2) is 5.10. The molecule has 1 fully saturated rings. The molecular weight excluding hydrogens is 284 g/mol. The predicted molar refractivity (Wildman–Crippen MR) is 77.2 cm³/mol. The standard InChI is InChI=1S/C15H14N4O3/c1-17-13(20)12(14(21)18(2)15(17)22)11-8-9-16-19(11)10-6-4-3-5-7-10/h3-9,12H,1-2H3. The number of benzene rings is 1. The summed E-state index contributed by atoms with van der Waals surface area (Å²) in [6, 6.07) is 10.2. The second-order valence-corrected chi connectivity index (χ2v) is 5.01. The first kappa shape index (κ1) is 14.0. The number of hydrogen-bond acceptors (Lipinski definition) is 4. The smallest absolute Gasteiger partial charge is 0.273 e. The number of hydrogen-bond donors (Lipinski definition) is 0. The minimum atomic E-state index is -1.07. The third-order valence-corrected chi connectivity index (χ3v) is 3.70. The van der Waals surface area contributed by atoms with E-state index in [0.29, 0.717) is 5.69 Å². The van der Waals surface area contributed by atoms with E-state index in [0.717, 1.165) is 15.5 Å². The van der Waals surface area contributed by atoms with Gasteiger partial charge in [-0.2, -0.15) is 5.10 Å². The van der Waals surface area contributed by atoms with E-state index in [1.54, 1.807) is 6.07 Å². The number of amides is 4. The van der Waals surface area contributed by atoms with E-state index in [2.05, 4.69) is 5.10 Å². The molecule has 2 heterocycles. The van der Waals surface area contributed by atoms with Gasteiger partial charge in [0.05, 0.1) is 11.4 Å². The Kier molecular flexibility index (Phi) is 3.25. The van der Waals surface area contributed by atoms with Crippen LogP contribution in [0.2, 0.25) is 0 Å².